The van der Waals surface area contributed by atoms with Crippen LogP contribution in [0, 0.1) is 13.8 Å². The summed E-state index contributed by atoms with van der Waals surface area (Å²) in [6.45, 7) is 4.85. The van der Waals surface area contributed by atoms with E-state index in [-0.39, 0.29) is 12.0 Å². The summed E-state index contributed by atoms with van der Waals surface area (Å²) >= 11 is 1.48. The van der Waals surface area contributed by atoms with Gasteiger partial charge in [0.1, 0.15) is 6.61 Å². The topological polar surface area (TPSA) is 81.9 Å². The van der Waals surface area contributed by atoms with Crippen molar-refractivity contribution >= 4 is 23.4 Å². The lowest BCUT2D eigenvalue weighted by Gasteiger charge is -2.29. The fraction of sp³-hybridized carbons (Fsp3) is 0.429. The molecule has 8 nitrogen and oxygen atoms in total. The Labute approximate surface area is 179 Å². The van der Waals surface area contributed by atoms with Crippen molar-refractivity contribution in [1.82, 2.24) is 24.5 Å². The third-order valence-electron chi connectivity index (χ3n) is 5.27. The molecule has 3 heterocycles. The molecule has 3 aromatic rings. The molecule has 9 heteroatoms. The zero-order valence-corrected chi connectivity index (χ0v) is 18.4. The number of para-hydroxylation sites is 2. The minimum atomic E-state index is -0.185. The standard InChI is InChI=1S/C21H25N5O3S/c1-13-16(14(2)26-20(22-13)23-21(24-26)30-4)9-10-19(27)25(3)11-15-12-28-17-7-5-6-8-18(17)29-15/h5-8,15H,9-12H2,1-4H3. The summed E-state index contributed by atoms with van der Waals surface area (Å²) in [5.74, 6) is 2.11. The minimum Gasteiger partial charge on any atom is -0.486 e. The molecule has 1 atom stereocenters. The molecule has 0 saturated carbocycles. The lowest BCUT2D eigenvalue weighted by molar-refractivity contribution is -0.131. The zero-order valence-electron chi connectivity index (χ0n) is 17.6. The van der Waals surface area contributed by atoms with Crippen LogP contribution in [0.3, 0.4) is 0 Å². The van der Waals surface area contributed by atoms with E-state index in [0.29, 0.717) is 36.9 Å². The molecule has 1 amide bonds. The maximum atomic E-state index is 12.7. The highest BCUT2D eigenvalue weighted by atomic mass is 32.2. The Morgan fingerprint density at radius 1 is 1.27 bits per heavy atom. The van der Waals surface area contributed by atoms with Crippen molar-refractivity contribution in [2.75, 3.05) is 26.5 Å². The van der Waals surface area contributed by atoms with Crippen molar-refractivity contribution in [2.24, 2.45) is 0 Å². The molecule has 30 heavy (non-hydrogen) atoms. The molecular weight excluding hydrogens is 402 g/mol. The lowest BCUT2D eigenvalue weighted by atomic mass is 10.1. The van der Waals surface area contributed by atoms with E-state index < -0.39 is 0 Å². The Hall–Kier alpha value is -2.81. The van der Waals surface area contributed by atoms with E-state index in [4.69, 9.17) is 9.47 Å². The van der Waals surface area contributed by atoms with Crippen molar-refractivity contribution in [3.63, 3.8) is 0 Å². The molecule has 1 aliphatic heterocycles. The number of benzene rings is 1. The highest BCUT2D eigenvalue weighted by molar-refractivity contribution is 7.98. The van der Waals surface area contributed by atoms with E-state index in [1.165, 1.54) is 11.8 Å². The smallest absolute Gasteiger partial charge is 0.253 e. The molecule has 0 bridgehead atoms. The molecule has 4 rings (SSSR count). The van der Waals surface area contributed by atoms with Crippen LogP contribution in [0.5, 0.6) is 11.5 Å². The summed E-state index contributed by atoms with van der Waals surface area (Å²) in [5, 5.41) is 5.16. The van der Waals surface area contributed by atoms with Crippen molar-refractivity contribution < 1.29 is 14.3 Å². The number of rotatable bonds is 6. The second kappa shape index (κ2) is 8.51. The highest BCUT2D eigenvalue weighted by Gasteiger charge is 2.24. The minimum absolute atomic E-state index is 0.0553. The van der Waals surface area contributed by atoms with Gasteiger partial charge in [-0.05, 0) is 44.2 Å². The predicted molar refractivity (Wildman–Crippen MR) is 114 cm³/mol. The zero-order chi connectivity index (χ0) is 21.3. The number of aromatic nitrogens is 4. The second-order valence-electron chi connectivity index (χ2n) is 7.34. The summed E-state index contributed by atoms with van der Waals surface area (Å²) in [7, 11) is 1.80. The van der Waals surface area contributed by atoms with E-state index in [1.54, 1.807) is 16.5 Å². The number of likely N-dealkylation sites (N-methyl/N-ethyl adjacent to an activating group) is 1. The third kappa shape index (κ3) is 4.07. The van der Waals surface area contributed by atoms with Crippen LogP contribution in [0.4, 0.5) is 0 Å². The van der Waals surface area contributed by atoms with Gasteiger partial charge in [0.2, 0.25) is 11.1 Å². The van der Waals surface area contributed by atoms with Gasteiger partial charge in [-0.2, -0.15) is 4.98 Å². The maximum absolute atomic E-state index is 12.7. The Kier molecular flexibility index (Phi) is 5.80. The molecule has 0 aliphatic carbocycles. The number of hydrogen-bond donors (Lipinski definition) is 0. The van der Waals surface area contributed by atoms with Gasteiger partial charge in [-0.1, -0.05) is 23.9 Å². The Bertz CT molecular complexity index is 1080. The van der Waals surface area contributed by atoms with Crippen molar-refractivity contribution in [1.29, 1.82) is 0 Å². The number of nitrogens with zero attached hydrogens (tertiary/aromatic N) is 5. The summed E-state index contributed by atoms with van der Waals surface area (Å²) < 4.78 is 13.5. The molecule has 1 aromatic carbocycles. The van der Waals surface area contributed by atoms with Crippen LogP contribution in [0.25, 0.3) is 5.78 Å². The molecule has 0 N–H and O–H groups in total. The number of fused-ring (bicyclic) bond motifs is 2. The maximum Gasteiger partial charge on any atom is 0.253 e. The van der Waals surface area contributed by atoms with Crippen molar-refractivity contribution in [2.45, 2.75) is 37.9 Å². The number of carbonyl (C=O) groups is 1. The Morgan fingerprint density at radius 3 is 2.80 bits per heavy atom. The molecule has 1 unspecified atom stereocenters. The van der Waals surface area contributed by atoms with Crippen LogP contribution >= 0.6 is 11.8 Å². The van der Waals surface area contributed by atoms with Crippen LogP contribution < -0.4 is 9.47 Å². The number of carbonyl (C=O) groups excluding carboxylic acids is 1. The molecule has 0 fully saturated rings. The number of thioether (sulfide) groups is 1. The molecule has 0 saturated heterocycles. The van der Waals surface area contributed by atoms with Gasteiger partial charge in [0, 0.05) is 24.9 Å². The van der Waals surface area contributed by atoms with Gasteiger partial charge in [0.05, 0.1) is 6.54 Å². The first-order valence-corrected chi connectivity index (χ1v) is 11.1. The molecular formula is C21H25N5O3S. The fourth-order valence-corrected chi connectivity index (χ4v) is 3.96. The average molecular weight is 428 g/mol. The summed E-state index contributed by atoms with van der Waals surface area (Å²) in [4.78, 5) is 23.4. The van der Waals surface area contributed by atoms with Crippen LogP contribution in [0.15, 0.2) is 29.4 Å². The molecule has 0 spiro atoms. The van der Waals surface area contributed by atoms with Gasteiger partial charge in [-0.15, -0.1) is 5.10 Å². The van der Waals surface area contributed by atoms with E-state index >= 15 is 0 Å². The van der Waals surface area contributed by atoms with Gasteiger partial charge in [-0.25, -0.2) is 9.50 Å². The first-order valence-electron chi connectivity index (χ1n) is 9.85. The molecule has 2 aromatic heterocycles. The van der Waals surface area contributed by atoms with E-state index in [0.717, 1.165) is 28.5 Å². The third-order valence-corrected chi connectivity index (χ3v) is 5.81. The lowest BCUT2D eigenvalue weighted by Crippen LogP contribution is -2.41. The summed E-state index contributed by atoms with van der Waals surface area (Å²) in [6.07, 6.45) is 2.74. The summed E-state index contributed by atoms with van der Waals surface area (Å²) in [5.41, 5.74) is 2.89. The monoisotopic (exact) mass is 427 g/mol. The second-order valence-corrected chi connectivity index (χ2v) is 8.12. The van der Waals surface area contributed by atoms with E-state index in [2.05, 4.69) is 15.1 Å². The molecule has 1 aliphatic rings. The van der Waals surface area contributed by atoms with Gasteiger partial charge >= 0.3 is 0 Å². The van der Waals surface area contributed by atoms with Gasteiger partial charge in [-0.3, -0.25) is 4.79 Å². The van der Waals surface area contributed by atoms with E-state index in [1.807, 2.05) is 44.4 Å². The van der Waals surface area contributed by atoms with Crippen molar-refractivity contribution in [3.8, 4) is 11.5 Å². The largest absolute Gasteiger partial charge is 0.486 e. The average Bonchev–Trinajstić information content (AvgIpc) is 3.16. The highest BCUT2D eigenvalue weighted by Crippen LogP contribution is 2.31. The number of amides is 1. The van der Waals surface area contributed by atoms with E-state index in [9.17, 15) is 4.79 Å². The van der Waals surface area contributed by atoms with Gasteiger partial charge < -0.3 is 14.4 Å². The fourth-order valence-electron chi connectivity index (χ4n) is 3.62. The normalized spacial score (nSPS) is 15.4. The quantitative estimate of drug-likeness (QED) is 0.560. The van der Waals surface area contributed by atoms with Crippen molar-refractivity contribution in [3.05, 3.63) is 41.2 Å². The number of aryl methyl sites for hydroxylation is 2. The Balaban J connectivity index is 1.38. The number of hydrogen-bond acceptors (Lipinski definition) is 7. The van der Waals surface area contributed by atoms with Crippen LogP contribution in [0.1, 0.15) is 23.4 Å². The van der Waals surface area contributed by atoms with Gasteiger partial charge in [0.15, 0.2) is 17.6 Å². The first-order chi connectivity index (χ1) is 14.5. The predicted octanol–water partition coefficient (Wildman–Crippen LogP) is 2.69. The van der Waals surface area contributed by atoms with Crippen LogP contribution in [-0.4, -0.2) is 62.9 Å². The van der Waals surface area contributed by atoms with Gasteiger partial charge in [0.25, 0.3) is 5.78 Å². The number of ether oxygens (including phenoxy) is 2. The SMILES string of the molecule is CSc1nc2nc(C)c(CCC(=O)N(C)CC3COc4ccccc4O3)c(C)n2n1. The molecule has 158 valence electrons. The first kappa shape index (κ1) is 20.5. The van der Waals surface area contributed by atoms with Crippen LogP contribution in [0.2, 0.25) is 0 Å². The molecule has 0 radical (unpaired) electrons. The summed E-state index contributed by atoms with van der Waals surface area (Å²) in [6, 6.07) is 7.58. The van der Waals surface area contributed by atoms with Crippen LogP contribution in [-0.2, 0) is 11.2 Å². The Morgan fingerprint density at radius 2 is 2.03 bits per heavy atom.